The van der Waals surface area contributed by atoms with Crippen LogP contribution >= 0.6 is 23.2 Å². The van der Waals surface area contributed by atoms with Crippen LogP contribution < -0.4 is 0 Å². The molecule has 0 aliphatic heterocycles. The third kappa shape index (κ3) is 3.95. The lowest BCUT2D eigenvalue weighted by atomic mass is 10.2. The van der Waals surface area contributed by atoms with Gasteiger partial charge >= 0.3 is 0 Å². The lowest BCUT2D eigenvalue weighted by Gasteiger charge is -2.16. The molecule has 3 nitrogen and oxygen atoms in total. The van der Waals surface area contributed by atoms with Crippen molar-refractivity contribution in [2.24, 2.45) is 0 Å². The Bertz CT molecular complexity index is 514. The van der Waals surface area contributed by atoms with Crippen molar-refractivity contribution in [2.45, 2.75) is 13.1 Å². The van der Waals surface area contributed by atoms with Gasteiger partial charge in [0.2, 0.25) is 0 Å². The van der Waals surface area contributed by atoms with Crippen LogP contribution in [-0.4, -0.2) is 21.9 Å². The molecule has 0 amide bonds. The molecule has 0 spiro atoms. The summed E-state index contributed by atoms with van der Waals surface area (Å²) in [6.07, 6.45) is 3.25. The molecule has 5 heteroatoms. The Morgan fingerprint density at radius 1 is 1.11 bits per heavy atom. The molecular formula is C13H13Cl2N3. The first-order chi connectivity index (χ1) is 8.63. The smallest absolute Gasteiger partial charge is 0.147 e. The van der Waals surface area contributed by atoms with Crippen molar-refractivity contribution in [3.05, 3.63) is 58.1 Å². The van der Waals surface area contributed by atoms with Gasteiger partial charge in [0.15, 0.2) is 0 Å². The first-order valence-electron chi connectivity index (χ1n) is 5.53. The van der Waals surface area contributed by atoms with Crippen molar-refractivity contribution in [1.29, 1.82) is 0 Å². The summed E-state index contributed by atoms with van der Waals surface area (Å²) in [7, 11) is 2.02. The molecule has 0 unspecified atom stereocenters. The SMILES string of the molecule is CN(Cc1cccc(Cl)c1)Cc1cnc(Cl)cn1. The molecule has 0 saturated carbocycles. The topological polar surface area (TPSA) is 29.0 Å². The molecule has 0 bridgehead atoms. The number of halogens is 2. The van der Waals surface area contributed by atoms with Gasteiger partial charge in [-0.2, -0.15) is 0 Å². The molecule has 0 fully saturated rings. The first-order valence-corrected chi connectivity index (χ1v) is 6.28. The molecular weight excluding hydrogens is 269 g/mol. The van der Waals surface area contributed by atoms with Gasteiger partial charge in [-0.05, 0) is 24.7 Å². The third-order valence-electron chi connectivity index (χ3n) is 2.45. The van der Waals surface area contributed by atoms with Crippen LogP contribution in [0.3, 0.4) is 0 Å². The molecule has 0 aliphatic rings. The van der Waals surface area contributed by atoms with E-state index in [2.05, 4.69) is 20.9 Å². The van der Waals surface area contributed by atoms with Crippen LogP contribution in [0.25, 0.3) is 0 Å². The third-order valence-corrected chi connectivity index (χ3v) is 2.88. The minimum atomic E-state index is 0.413. The van der Waals surface area contributed by atoms with Gasteiger partial charge < -0.3 is 0 Å². The van der Waals surface area contributed by atoms with E-state index in [0.717, 1.165) is 23.8 Å². The molecule has 1 heterocycles. The van der Waals surface area contributed by atoms with Crippen LogP contribution in [0.15, 0.2) is 36.7 Å². The van der Waals surface area contributed by atoms with Crippen molar-refractivity contribution >= 4 is 23.2 Å². The largest absolute Gasteiger partial charge is 0.296 e. The molecule has 1 aromatic carbocycles. The standard InChI is InChI=1S/C13H13Cl2N3/c1-18(8-10-3-2-4-11(14)5-10)9-12-6-17-13(15)7-16-12/h2-7H,8-9H2,1H3. The lowest BCUT2D eigenvalue weighted by molar-refractivity contribution is 0.314. The van der Waals surface area contributed by atoms with Gasteiger partial charge in [-0.3, -0.25) is 9.88 Å². The summed E-state index contributed by atoms with van der Waals surface area (Å²) in [6, 6.07) is 7.84. The van der Waals surface area contributed by atoms with E-state index >= 15 is 0 Å². The number of hydrogen-bond acceptors (Lipinski definition) is 3. The molecule has 0 aliphatic carbocycles. The summed E-state index contributed by atoms with van der Waals surface area (Å²) in [5, 5.41) is 1.17. The Labute approximate surface area is 116 Å². The highest BCUT2D eigenvalue weighted by Gasteiger charge is 2.04. The van der Waals surface area contributed by atoms with E-state index in [4.69, 9.17) is 23.2 Å². The van der Waals surface area contributed by atoms with Gasteiger partial charge in [-0.15, -0.1) is 0 Å². The summed E-state index contributed by atoms with van der Waals surface area (Å²) >= 11 is 11.6. The second-order valence-electron chi connectivity index (χ2n) is 4.13. The van der Waals surface area contributed by atoms with Gasteiger partial charge in [-0.1, -0.05) is 35.3 Å². The zero-order valence-electron chi connectivity index (χ0n) is 9.98. The van der Waals surface area contributed by atoms with Gasteiger partial charge in [0.25, 0.3) is 0 Å². The average molecular weight is 282 g/mol. The number of aromatic nitrogens is 2. The lowest BCUT2D eigenvalue weighted by Crippen LogP contribution is -2.18. The highest BCUT2D eigenvalue weighted by Crippen LogP contribution is 2.13. The Hall–Kier alpha value is -1.16. The van der Waals surface area contributed by atoms with E-state index < -0.39 is 0 Å². The maximum Gasteiger partial charge on any atom is 0.147 e. The summed E-state index contributed by atoms with van der Waals surface area (Å²) in [5.41, 5.74) is 2.07. The van der Waals surface area contributed by atoms with E-state index in [-0.39, 0.29) is 0 Å². The Morgan fingerprint density at radius 2 is 1.94 bits per heavy atom. The average Bonchev–Trinajstić information content (AvgIpc) is 2.32. The van der Waals surface area contributed by atoms with E-state index in [1.54, 1.807) is 12.4 Å². The van der Waals surface area contributed by atoms with Crippen LogP contribution in [0.2, 0.25) is 10.2 Å². The van der Waals surface area contributed by atoms with Crippen molar-refractivity contribution in [3.8, 4) is 0 Å². The Morgan fingerprint density at radius 3 is 2.61 bits per heavy atom. The number of rotatable bonds is 4. The zero-order valence-corrected chi connectivity index (χ0v) is 11.5. The minimum absolute atomic E-state index is 0.413. The Kier molecular flexibility index (Phi) is 4.53. The maximum absolute atomic E-state index is 5.95. The van der Waals surface area contributed by atoms with Gasteiger partial charge in [0.05, 0.1) is 18.1 Å². The van der Waals surface area contributed by atoms with Crippen LogP contribution in [0.5, 0.6) is 0 Å². The maximum atomic E-state index is 5.95. The number of nitrogens with zero attached hydrogens (tertiary/aromatic N) is 3. The normalized spacial score (nSPS) is 10.9. The van der Waals surface area contributed by atoms with Crippen molar-refractivity contribution in [2.75, 3.05) is 7.05 Å². The highest BCUT2D eigenvalue weighted by molar-refractivity contribution is 6.30. The number of benzene rings is 1. The zero-order chi connectivity index (χ0) is 13.0. The van der Waals surface area contributed by atoms with Crippen LogP contribution in [0.4, 0.5) is 0 Å². The fourth-order valence-corrected chi connectivity index (χ4v) is 2.01. The van der Waals surface area contributed by atoms with E-state index in [1.807, 2.05) is 25.2 Å². The molecule has 0 atom stereocenters. The van der Waals surface area contributed by atoms with Crippen LogP contribution in [0.1, 0.15) is 11.3 Å². The molecule has 18 heavy (non-hydrogen) atoms. The highest BCUT2D eigenvalue weighted by atomic mass is 35.5. The van der Waals surface area contributed by atoms with Gasteiger partial charge in [0.1, 0.15) is 5.15 Å². The second-order valence-corrected chi connectivity index (χ2v) is 4.96. The molecule has 94 valence electrons. The Balaban J connectivity index is 1.96. The van der Waals surface area contributed by atoms with E-state index in [1.165, 1.54) is 5.56 Å². The first kappa shape index (κ1) is 13.3. The molecule has 0 saturated heterocycles. The minimum Gasteiger partial charge on any atom is -0.296 e. The predicted octanol–water partition coefficient (Wildman–Crippen LogP) is 3.42. The summed E-state index contributed by atoms with van der Waals surface area (Å²) in [5.74, 6) is 0. The fraction of sp³-hybridized carbons (Fsp3) is 0.231. The monoisotopic (exact) mass is 281 g/mol. The quantitative estimate of drug-likeness (QED) is 0.860. The van der Waals surface area contributed by atoms with Crippen molar-refractivity contribution < 1.29 is 0 Å². The van der Waals surface area contributed by atoms with Crippen LogP contribution in [0, 0.1) is 0 Å². The molecule has 2 rings (SSSR count). The summed E-state index contributed by atoms with van der Waals surface area (Å²) in [4.78, 5) is 10.4. The van der Waals surface area contributed by atoms with Crippen LogP contribution in [-0.2, 0) is 13.1 Å². The molecule has 0 radical (unpaired) electrons. The molecule has 0 N–H and O–H groups in total. The van der Waals surface area contributed by atoms with Gasteiger partial charge in [0, 0.05) is 18.1 Å². The molecule has 1 aromatic heterocycles. The van der Waals surface area contributed by atoms with Crippen molar-refractivity contribution in [3.63, 3.8) is 0 Å². The fourth-order valence-electron chi connectivity index (χ4n) is 1.70. The summed E-state index contributed by atoms with van der Waals surface area (Å²) < 4.78 is 0. The predicted molar refractivity (Wildman–Crippen MR) is 73.7 cm³/mol. The summed E-state index contributed by atoms with van der Waals surface area (Å²) in [6.45, 7) is 1.53. The van der Waals surface area contributed by atoms with Crippen molar-refractivity contribution in [1.82, 2.24) is 14.9 Å². The number of hydrogen-bond donors (Lipinski definition) is 0. The van der Waals surface area contributed by atoms with E-state index in [0.29, 0.717) is 5.15 Å². The second kappa shape index (κ2) is 6.14. The molecule has 2 aromatic rings. The van der Waals surface area contributed by atoms with Gasteiger partial charge in [-0.25, -0.2) is 4.98 Å². The van der Waals surface area contributed by atoms with E-state index in [9.17, 15) is 0 Å².